The lowest BCUT2D eigenvalue weighted by Crippen LogP contribution is -2.37. The molecule has 2 heterocycles. The molecule has 1 saturated heterocycles. The summed E-state index contributed by atoms with van der Waals surface area (Å²) in [5.74, 6) is 0.622. The molecule has 0 amide bonds. The first kappa shape index (κ1) is 13.3. The zero-order valence-corrected chi connectivity index (χ0v) is 12.6. The smallest absolute Gasteiger partial charge is 0.186 e. The van der Waals surface area contributed by atoms with Gasteiger partial charge in [-0.25, -0.2) is 4.98 Å². The standard InChI is InChI=1S/C14H23N3OS/c1-10-8-16(2)6-3-7-17(10)14-15-13(11-4-5-11)12(9-18)19-14/h10-11,18H,3-9H2,1-2H3. The molecular weight excluding hydrogens is 258 g/mol. The Morgan fingerprint density at radius 3 is 2.84 bits per heavy atom. The first-order valence-corrected chi connectivity index (χ1v) is 8.06. The SMILES string of the molecule is CC1CN(C)CCCN1c1nc(C2CC2)c(CO)s1. The second kappa shape index (κ2) is 5.38. The maximum atomic E-state index is 9.51. The van der Waals surface area contributed by atoms with Gasteiger partial charge in [0, 0.05) is 25.0 Å². The van der Waals surface area contributed by atoms with E-state index in [-0.39, 0.29) is 6.61 Å². The van der Waals surface area contributed by atoms with E-state index in [1.54, 1.807) is 11.3 Å². The van der Waals surface area contributed by atoms with Gasteiger partial charge in [0.15, 0.2) is 5.13 Å². The van der Waals surface area contributed by atoms with Crippen LogP contribution in [0.3, 0.4) is 0 Å². The Morgan fingerprint density at radius 2 is 2.16 bits per heavy atom. The van der Waals surface area contributed by atoms with Crippen molar-refractivity contribution >= 4 is 16.5 Å². The molecule has 1 aliphatic carbocycles. The number of thiazole rings is 1. The van der Waals surface area contributed by atoms with E-state index in [1.807, 2.05) is 0 Å². The number of nitrogens with zero attached hydrogens (tertiary/aromatic N) is 3. The second-order valence-electron chi connectivity index (χ2n) is 5.90. The minimum atomic E-state index is 0.144. The summed E-state index contributed by atoms with van der Waals surface area (Å²) >= 11 is 1.69. The number of anilines is 1. The summed E-state index contributed by atoms with van der Waals surface area (Å²) in [7, 11) is 2.19. The van der Waals surface area contributed by atoms with E-state index < -0.39 is 0 Å². The van der Waals surface area contributed by atoms with Gasteiger partial charge in [-0.1, -0.05) is 11.3 Å². The highest BCUT2D eigenvalue weighted by molar-refractivity contribution is 7.15. The number of hydrogen-bond donors (Lipinski definition) is 1. The first-order chi connectivity index (χ1) is 9.19. The Balaban J connectivity index is 1.84. The van der Waals surface area contributed by atoms with Crippen LogP contribution in [0.4, 0.5) is 5.13 Å². The molecule has 4 nitrogen and oxygen atoms in total. The maximum Gasteiger partial charge on any atom is 0.186 e. The zero-order valence-electron chi connectivity index (χ0n) is 11.8. The van der Waals surface area contributed by atoms with Gasteiger partial charge in [0.05, 0.1) is 17.2 Å². The molecule has 1 aliphatic heterocycles. The summed E-state index contributed by atoms with van der Waals surface area (Å²) < 4.78 is 0. The average Bonchev–Trinajstić information content (AvgIpc) is 3.16. The third-order valence-electron chi connectivity index (χ3n) is 4.12. The van der Waals surface area contributed by atoms with E-state index in [1.165, 1.54) is 25.0 Å². The van der Waals surface area contributed by atoms with E-state index in [4.69, 9.17) is 4.98 Å². The van der Waals surface area contributed by atoms with Gasteiger partial charge in [-0.3, -0.25) is 0 Å². The lowest BCUT2D eigenvalue weighted by atomic mass is 10.2. The number of aliphatic hydroxyl groups excluding tert-OH is 1. The molecule has 1 aromatic heterocycles. The molecule has 1 N–H and O–H groups in total. The van der Waals surface area contributed by atoms with E-state index >= 15 is 0 Å². The number of likely N-dealkylation sites (N-methyl/N-ethyl adjacent to an activating group) is 1. The highest BCUT2D eigenvalue weighted by Crippen LogP contribution is 2.44. The Labute approximate surface area is 119 Å². The normalized spacial score (nSPS) is 25.6. The third kappa shape index (κ3) is 2.78. The van der Waals surface area contributed by atoms with E-state index in [2.05, 4.69) is 23.8 Å². The minimum absolute atomic E-state index is 0.144. The zero-order chi connectivity index (χ0) is 13.4. The molecule has 1 unspecified atom stereocenters. The fraction of sp³-hybridized carbons (Fsp3) is 0.786. The molecule has 0 bridgehead atoms. The molecule has 0 spiro atoms. The van der Waals surface area contributed by atoms with Crippen LogP contribution in [0.15, 0.2) is 0 Å². The molecule has 106 valence electrons. The van der Waals surface area contributed by atoms with Gasteiger partial charge in [0.1, 0.15) is 0 Å². The molecule has 1 saturated carbocycles. The van der Waals surface area contributed by atoms with Gasteiger partial charge in [-0.05, 0) is 39.8 Å². The summed E-state index contributed by atoms with van der Waals surface area (Å²) in [6.45, 7) is 5.75. The molecule has 19 heavy (non-hydrogen) atoms. The van der Waals surface area contributed by atoms with Crippen LogP contribution < -0.4 is 4.90 Å². The summed E-state index contributed by atoms with van der Waals surface area (Å²) in [5, 5.41) is 10.6. The minimum Gasteiger partial charge on any atom is -0.391 e. The van der Waals surface area contributed by atoms with Crippen LogP contribution in [-0.2, 0) is 6.61 Å². The predicted molar refractivity (Wildman–Crippen MR) is 78.9 cm³/mol. The van der Waals surface area contributed by atoms with Crippen molar-refractivity contribution in [3.8, 4) is 0 Å². The van der Waals surface area contributed by atoms with Crippen molar-refractivity contribution in [3.63, 3.8) is 0 Å². The lowest BCUT2D eigenvalue weighted by Gasteiger charge is -2.27. The topological polar surface area (TPSA) is 39.6 Å². The van der Waals surface area contributed by atoms with Crippen molar-refractivity contribution in [2.75, 3.05) is 31.6 Å². The molecule has 0 aromatic carbocycles. The van der Waals surface area contributed by atoms with Crippen LogP contribution >= 0.6 is 11.3 Å². The van der Waals surface area contributed by atoms with Crippen LogP contribution in [-0.4, -0.2) is 47.7 Å². The van der Waals surface area contributed by atoms with Crippen molar-refractivity contribution in [2.45, 2.75) is 44.8 Å². The fourth-order valence-electron chi connectivity index (χ4n) is 2.92. The van der Waals surface area contributed by atoms with Crippen LogP contribution in [0.2, 0.25) is 0 Å². The Morgan fingerprint density at radius 1 is 1.37 bits per heavy atom. The highest BCUT2D eigenvalue weighted by Gasteiger charge is 2.31. The molecule has 1 atom stereocenters. The van der Waals surface area contributed by atoms with Crippen molar-refractivity contribution in [2.24, 2.45) is 0 Å². The molecular formula is C14H23N3OS. The highest BCUT2D eigenvalue weighted by atomic mass is 32.1. The predicted octanol–water partition coefficient (Wildman–Crippen LogP) is 2.04. The molecule has 3 rings (SSSR count). The lowest BCUT2D eigenvalue weighted by molar-refractivity contribution is 0.284. The summed E-state index contributed by atoms with van der Waals surface area (Å²) in [4.78, 5) is 10.8. The molecule has 1 aromatic rings. The molecule has 0 radical (unpaired) electrons. The Hall–Kier alpha value is -0.650. The number of aliphatic hydroxyl groups is 1. The monoisotopic (exact) mass is 281 g/mol. The Bertz CT molecular complexity index is 444. The van der Waals surface area contributed by atoms with Crippen molar-refractivity contribution in [1.29, 1.82) is 0 Å². The van der Waals surface area contributed by atoms with E-state index in [0.29, 0.717) is 12.0 Å². The van der Waals surface area contributed by atoms with Gasteiger partial charge in [-0.2, -0.15) is 0 Å². The molecule has 2 fully saturated rings. The summed E-state index contributed by atoms with van der Waals surface area (Å²) in [5.41, 5.74) is 1.17. The van der Waals surface area contributed by atoms with Crippen LogP contribution in [0.1, 0.15) is 42.7 Å². The van der Waals surface area contributed by atoms with Crippen molar-refractivity contribution in [1.82, 2.24) is 9.88 Å². The number of aromatic nitrogens is 1. The van der Waals surface area contributed by atoms with Gasteiger partial charge < -0.3 is 14.9 Å². The van der Waals surface area contributed by atoms with Crippen LogP contribution in [0.25, 0.3) is 0 Å². The quantitative estimate of drug-likeness (QED) is 0.920. The van der Waals surface area contributed by atoms with Crippen molar-refractivity contribution < 1.29 is 5.11 Å². The Kier molecular flexibility index (Phi) is 3.78. The van der Waals surface area contributed by atoms with E-state index in [9.17, 15) is 5.11 Å². The van der Waals surface area contributed by atoms with Crippen LogP contribution in [0, 0.1) is 0 Å². The van der Waals surface area contributed by atoms with E-state index in [0.717, 1.165) is 29.6 Å². The van der Waals surface area contributed by atoms with Gasteiger partial charge in [0.2, 0.25) is 0 Å². The maximum absolute atomic E-state index is 9.51. The van der Waals surface area contributed by atoms with Crippen molar-refractivity contribution in [3.05, 3.63) is 10.6 Å². The van der Waals surface area contributed by atoms with Crippen LogP contribution in [0.5, 0.6) is 0 Å². The average molecular weight is 281 g/mol. The summed E-state index contributed by atoms with van der Waals surface area (Å²) in [6.07, 6.45) is 3.68. The third-order valence-corrected chi connectivity index (χ3v) is 5.21. The number of hydrogen-bond acceptors (Lipinski definition) is 5. The van der Waals surface area contributed by atoms with Gasteiger partial charge in [0.25, 0.3) is 0 Å². The largest absolute Gasteiger partial charge is 0.391 e. The second-order valence-corrected chi connectivity index (χ2v) is 6.96. The summed E-state index contributed by atoms with van der Waals surface area (Å²) in [6, 6.07) is 0.497. The molecule has 2 aliphatic rings. The molecule has 5 heteroatoms. The number of rotatable bonds is 3. The first-order valence-electron chi connectivity index (χ1n) is 7.24. The van der Waals surface area contributed by atoms with Gasteiger partial charge >= 0.3 is 0 Å². The van der Waals surface area contributed by atoms with Gasteiger partial charge in [-0.15, -0.1) is 0 Å². The fourth-order valence-corrected chi connectivity index (χ4v) is 4.05.